The lowest BCUT2D eigenvalue weighted by Gasteiger charge is -2.11. The average molecular weight is 363 g/mol. The van der Waals surface area contributed by atoms with E-state index in [0.717, 1.165) is 11.1 Å². The topological polar surface area (TPSA) is 76.4 Å². The molecule has 3 rings (SSSR count). The second-order valence-corrected chi connectivity index (χ2v) is 5.85. The molecule has 3 aromatic rings. The highest BCUT2D eigenvalue weighted by molar-refractivity contribution is 6.06. The number of hydrogen-bond acceptors (Lipinski definition) is 4. The van der Waals surface area contributed by atoms with Gasteiger partial charge in [0.25, 0.3) is 5.91 Å². The van der Waals surface area contributed by atoms with Gasteiger partial charge < -0.3 is 21.1 Å². The third-order valence-electron chi connectivity index (χ3n) is 3.76. The lowest BCUT2D eigenvalue weighted by atomic mass is 10.0. The molecule has 0 heterocycles. The average Bonchev–Trinajstić information content (AvgIpc) is 2.71. The zero-order valence-electron chi connectivity index (χ0n) is 15.8. The SMILES string of the molecule is CNC.COc1ccc(C(=O)Nc2cc(-c3ccccc3)ccc2N)cc1. The van der Waals surface area contributed by atoms with Gasteiger partial charge in [-0.25, -0.2) is 0 Å². The van der Waals surface area contributed by atoms with E-state index in [-0.39, 0.29) is 5.91 Å². The predicted octanol–water partition coefficient (Wildman–Crippen LogP) is 4.03. The highest BCUT2D eigenvalue weighted by Crippen LogP contribution is 2.27. The van der Waals surface area contributed by atoms with Crippen LogP contribution in [-0.4, -0.2) is 27.1 Å². The number of carbonyl (C=O) groups excluding carboxylic acids is 1. The molecule has 0 atom stereocenters. The summed E-state index contributed by atoms with van der Waals surface area (Å²) in [5.41, 5.74) is 9.73. The number of anilines is 2. The largest absolute Gasteiger partial charge is 0.497 e. The minimum absolute atomic E-state index is 0.213. The molecule has 0 saturated heterocycles. The fourth-order valence-corrected chi connectivity index (χ4v) is 2.41. The standard InChI is InChI=1S/C20H18N2O2.C2H7N/c1-24-17-10-7-15(8-11-17)20(23)22-19-13-16(9-12-18(19)21)14-5-3-2-4-6-14;1-3-2/h2-13H,21H2,1H3,(H,22,23);3H,1-2H3. The van der Waals surface area contributed by atoms with Gasteiger partial charge in [-0.3, -0.25) is 4.79 Å². The zero-order valence-corrected chi connectivity index (χ0v) is 15.8. The van der Waals surface area contributed by atoms with Gasteiger partial charge in [-0.2, -0.15) is 0 Å². The number of benzene rings is 3. The molecule has 0 spiro atoms. The number of carbonyl (C=O) groups is 1. The second-order valence-electron chi connectivity index (χ2n) is 5.85. The van der Waals surface area contributed by atoms with Crippen molar-refractivity contribution >= 4 is 17.3 Å². The van der Waals surface area contributed by atoms with E-state index in [1.54, 1.807) is 37.4 Å². The van der Waals surface area contributed by atoms with Crippen LogP contribution in [0.1, 0.15) is 10.4 Å². The summed E-state index contributed by atoms with van der Waals surface area (Å²) in [5, 5.41) is 5.62. The van der Waals surface area contributed by atoms with Crippen molar-refractivity contribution in [3.05, 3.63) is 78.4 Å². The van der Waals surface area contributed by atoms with E-state index < -0.39 is 0 Å². The minimum atomic E-state index is -0.213. The van der Waals surface area contributed by atoms with Crippen molar-refractivity contribution in [1.29, 1.82) is 0 Å². The molecule has 5 heteroatoms. The van der Waals surface area contributed by atoms with Crippen LogP contribution in [0.25, 0.3) is 11.1 Å². The van der Waals surface area contributed by atoms with Crippen LogP contribution in [0.4, 0.5) is 11.4 Å². The normalized spacial score (nSPS) is 9.74. The molecule has 0 aliphatic carbocycles. The first-order valence-corrected chi connectivity index (χ1v) is 8.58. The maximum Gasteiger partial charge on any atom is 0.255 e. The Morgan fingerprint density at radius 2 is 1.52 bits per heavy atom. The molecule has 27 heavy (non-hydrogen) atoms. The highest BCUT2D eigenvalue weighted by Gasteiger charge is 2.09. The second kappa shape index (κ2) is 9.99. The Morgan fingerprint density at radius 1 is 0.889 bits per heavy atom. The van der Waals surface area contributed by atoms with Gasteiger partial charge in [-0.15, -0.1) is 0 Å². The summed E-state index contributed by atoms with van der Waals surface area (Å²) in [6, 6.07) is 22.5. The van der Waals surface area contributed by atoms with Gasteiger partial charge in [-0.1, -0.05) is 36.4 Å². The maximum atomic E-state index is 12.4. The number of nitrogens with one attached hydrogen (secondary N) is 2. The van der Waals surface area contributed by atoms with Crippen molar-refractivity contribution in [2.45, 2.75) is 0 Å². The van der Waals surface area contributed by atoms with E-state index in [1.807, 2.05) is 56.6 Å². The van der Waals surface area contributed by atoms with Crippen LogP contribution in [0.3, 0.4) is 0 Å². The van der Waals surface area contributed by atoms with Crippen LogP contribution < -0.4 is 21.1 Å². The Hall–Kier alpha value is -3.31. The lowest BCUT2D eigenvalue weighted by Crippen LogP contribution is -2.13. The third kappa shape index (κ3) is 5.59. The van der Waals surface area contributed by atoms with Crippen molar-refractivity contribution in [2.24, 2.45) is 0 Å². The Morgan fingerprint density at radius 3 is 2.11 bits per heavy atom. The van der Waals surface area contributed by atoms with E-state index in [0.29, 0.717) is 22.7 Å². The molecule has 5 nitrogen and oxygen atoms in total. The summed E-state index contributed by atoms with van der Waals surface area (Å²) in [7, 11) is 5.34. The van der Waals surface area contributed by atoms with Crippen molar-refractivity contribution < 1.29 is 9.53 Å². The van der Waals surface area contributed by atoms with Crippen LogP contribution in [0.2, 0.25) is 0 Å². The molecule has 0 saturated carbocycles. The predicted molar refractivity (Wildman–Crippen MR) is 112 cm³/mol. The van der Waals surface area contributed by atoms with E-state index in [4.69, 9.17) is 10.5 Å². The molecular formula is C22H25N3O2. The first-order chi connectivity index (χ1) is 13.1. The number of ether oxygens (including phenoxy) is 1. The van der Waals surface area contributed by atoms with E-state index >= 15 is 0 Å². The molecule has 0 radical (unpaired) electrons. The number of nitrogen functional groups attached to an aromatic ring is 1. The van der Waals surface area contributed by atoms with Crippen molar-refractivity contribution in [2.75, 3.05) is 32.3 Å². The number of nitrogens with two attached hydrogens (primary N) is 1. The molecule has 0 aromatic heterocycles. The summed E-state index contributed by atoms with van der Waals surface area (Å²) in [4.78, 5) is 12.4. The zero-order chi connectivity index (χ0) is 19.6. The summed E-state index contributed by atoms with van der Waals surface area (Å²) in [6.45, 7) is 0. The van der Waals surface area contributed by atoms with Crippen LogP contribution >= 0.6 is 0 Å². The van der Waals surface area contributed by atoms with Crippen LogP contribution in [0, 0.1) is 0 Å². The molecule has 1 amide bonds. The number of hydrogen-bond donors (Lipinski definition) is 3. The molecule has 3 aromatic carbocycles. The maximum absolute atomic E-state index is 12.4. The van der Waals surface area contributed by atoms with Crippen LogP contribution in [-0.2, 0) is 0 Å². The number of amides is 1. The summed E-state index contributed by atoms with van der Waals surface area (Å²) in [5.74, 6) is 0.492. The Kier molecular flexibility index (Phi) is 7.40. The molecule has 0 bridgehead atoms. The smallest absolute Gasteiger partial charge is 0.255 e. The molecule has 0 fully saturated rings. The summed E-state index contributed by atoms with van der Waals surface area (Å²) < 4.78 is 5.10. The Balaban J connectivity index is 0.000000817. The fraction of sp³-hybridized carbons (Fsp3) is 0.136. The van der Waals surface area contributed by atoms with E-state index in [9.17, 15) is 4.79 Å². The van der Waals surface area contributed by atoms with Crippen molar-refractivity contribution in [3.8, 4) is 16.9 Å². The summed E-state index contributed by atoms with van der Waals surface area (Å²) >= 11 is 0. The number of methoxy groups -OCH3 is 1. The van der Waals surface area contributed by atoms with Crippen molar-refractivity contribution in [3.63, 3.8) is 0 Å². The van der Waals surface area contributed by atoms with Crippen LogP contribution in [0.5, 0.6) is 5.75 Å². The molecule has 4 N–H and O–H groups in total. The number of rotatable bonds is 4. The van der Waals surface area contributed by atoms with Gasteiger partial charge in [0.05, 0.1) is 18.5 Å². The fourth-order valence-electron chi connectivity index (χ4n) is 2.41. The molecular weight excluding hydrogens is 338 g/mol. The highest BCUT2D eigenvalue weighted by atomic mass is 16.5. The summed E-state index contributed by atoms with van der Waals surface area (Å²) in [6.07, 6.45) is 0. The first-order valence-electron chi connectivity index (χ1n) is 8.58. The van der Waals surface area contributed by atoms with E-state index in [1.165, 1.54) is 0 Å². The Bertz CT molecular complexity index is 862. The lowest BCUT2D eigenvalue weighted by molar-refractivity contribution is 0.102. The first kappa shape index (κ1) is 20.0. The van der Waals surface area contributed by atoms with Gasteiger partial charge in [0.15, 0.2) is 0 Å². The van der Waals surface area contributed by atoms with Crippen LogP contribution in [0.15, 0.2) is 72.8 Å². The van der Waals surface area contributed by atoms with Crippen molar-refractivity contribution in [1.82, 2.24) is 5.32 Å². The molecule has 140 valence electrons. The molecule has 0 unspecified atom stereocenters. The van der Waals surface area contributed by atoms with E-state index in [2.05, 4.69) is 10.6 Å². The van der Waals surface area contributed by atoms with Gasteiger partial charge >= 0.3 is 0 Å². The van der Waals surface area contributed by atoms with Gasteiger partial charge in [-0.05, 0) is 61.6 Å². The monoisotopic (exact) mass is 363 g/mol. The third-order valence-corrected chi connectivity index (χ3v) is 3.76. The molecule has 0 aliphatic rings. The van der Waals surface area contributed by atoms with Gasteiger partial charge in [0.2, 0.25) is 0 Å². The Labute approximate surface area is 160 Å². The molecule has 0 aliphatic heterocycles. The quantitative estimate of drug-likeness (QED) is 0.612. The van der Waals surface area contributed by atoms with Gasteiger partial charge in [0, 0.05) is 5.56 Å². The van der Waals surface area contributed by atoms with Gasteiger partial charge in [0.1, 0.15) is 5.75 Å². The minimum Gasteiger partial charge on any atom is -0.497 e.